The average Bonchev–Trinajstić information content (AvgIpc) is 3.10. The Kier molecular flexibility index (Phi) is 4.52. The van der Waals surface area contributed by atoms with E-state index in [1.54, 1.807) is 7.11 Å². The normalized spacial score (nSPS) is 15.6. The second-order valence-corrected chi connectivity index (χ2v) is 6.33. The highest BCUT2D eigenvalue weighted by Crippen LogP contribution is 2.20. The molecule has 1 aromatic heterocycles. The second kappa shape index (κ2) is 7.11. The Bertz CT molecular complexity index is 821. The quantitative estimate of drug-likeness (QED) is 0.715. The van der Waals surface area contributed by atoms with Crippen LogP contribution in [0.4, 0.5) is 5.69 Å². The van der Waals surface area contributed by atoms with Crippen LogP contribution in [0.5, 0.6) is 5.75 Å². The highest BCUT2D eigenvalue weighted by Gasteiger charge is 2.17. The van der Waals surface area contributed by atoms with Gasteiger partial charge >= 0.3 is 0 Å². The van der Waals surface area contributed by atoms with Crippen LogP contribution in [0, 0.1) is 0 Å². The van der Waals surface area contributed by atoms with Crippen molar-refractivity contribution in [3.8, 4) is 5.75 Å². The predicted octanol–water partition coefficient (Wildman–Crippen LogP) is 2.26. The third-order valence-electron chi connectivity index (χ3n) is 4.86. The van der Waals surface area contributed by atoms with Crippen molar-refractivity contribution in [2.45, 2.75) is 6.54 Å². The summed E-state index contributed by atoms with van der Waals surface area (Å²) in [4.78, 5) is 4.93. The van der Waals surface area contributed by atoms with Crippen LogP contribution >= 0.6 is 0 Å². The minimum atomic E-state index is 0.878. The number of hydrogen-bond donors (Lipinski definition) is 0. The molecule has 0 atom stereocenters. The van der Waals surface area contributed by atoms with E-state index in [2.05, 4.69) is 38.3 Å². The van der Waals surface area contributed by atoms with Gasteiger partial charge in [0.1, 0.15) is 11.3 Å². The Morgan fingerprint density at radius 1 is 0.920 bits per heavy atom. The summed E-state index contributed by atoms with van der Waals surface area (Å²) in [5.41, 5.74) is 3.34. The molecule has 1 aliphatic rings. The van der Waals surface area contributed by atoms with Crippen molar-refractivity contribution in [1.29, 1.82) is 0 Å². The van der Waals surface area contributed by atoms with E-state index in [9.17, 15) is 0 Å². The molecular formula is C19H23N5O. The summed E-state index contributed by atoms with van der Waals surface area (Å²) in [5, 5.41) is 8.50. The molecule has 0 spiro atoms. The van der Waals surface area contributed by atoms with Crippen molar-refractivity contribution in [2.24, 2.45) is 0 Å². The number of nitrogens with zero attached hydrogens (tertiary/aromatic N) is 5. The Morgan fingerprint density at radius 2 is 1.68 bits per heavy atom. The predicted molar refractivity (Wildman–Crippen MR) is 99.2 cm³/mol. The summed E-state index contributed by atoms with van der Waals surface area (Å²) in [6, 6.07) is 16.4. The lowest BCUT2D eigenvalue weighted by Crippen LogP contribution is -2.47. The van der Waals surface area contributed by atoms with E-state index in [1.807, 2.05) is 35.0 Å². The molecule has 1 aliphatic heterocycles. The Balaban J connectivity index is 1.31. The first-order valence-electron chi connectivity index (χ1n) is 8.73. The Hall–Kier alpha value is -2.60. The summed E-state index contributed by atoms with van der Waals surface area (Å²) >= 11 is 0. The molecule has 0 aliphatic carbocycles. The number of hydrogen-bond acceptors (Lipinski definition) is 5. The van der Waals surface area contributed by atoms with E-state index in [0.717, 1.165) is 56.1 Å². The third-order valence-corrected chi connectivity index (χ3v) is 4.86. The molecule has 2 heterocycles. The molecule has 25 heavy (non-hydrogen) atoms. The minimum Gasteiger partial charge on any atom is -0.497 e. The van der Waals surface area contributed by atoms with Crippen LogP contribution in [0.25, 0.3) is 11.0 Å². The van der Waals surface area contributed by atoms with E-state index in [4.69, 9.17) is 4.74 Å². The number of methoxy groups -OCH3 is 1. The third kappa shape index (κ3) is 3.44. The maximum absolute atomic E-state index is 5.23. The molecular weight excluding hydrogens is 314 g/mol. The van der Waals surface area contributed by atoms with Gasteiger partial charge in [-0.25, -0.2) is 4.68 Å². The SMILES string of the molecule is COc1ccc(N2CCN(CCn3nnc4ccccc43)CC2)cc1. The number of benzene rings is 2. The lowest BCUT2D eigenvalue weighted by molar-refractivity contribution is 0.245. The van der Waals surface area contributed by atoms with Crippen LogP contribution in [0.1, 0.15) is 0 Å². The van der Waals surface area contributed by atoms with Crippen LogP contribution in [-0.2, 0) is 6.54 Å². The number of piperazine rings is 1. The van der Waals surface area contributed by atoms with Crippen molar-refractivity contribution in [1.82, 2.24) is 19.9 Å². The highest BCUT2D eigenvalue weighted by molar-refractivity contribution is 5.73. The van der Waals surface area contributed by atoms with Crippen LogP contribution in [-0.4, -0.2) is 59.7 Å². The van der Waals surface area contributed by atoms with Crippen LogP contribution < -0.4 is 9.64 Å². The first-order valence-corrected chi connectivity index (χ1v) is 8.73. The standard InChI is InChI=1S/C19H23N5O/c1-25-17-8-6-16(7-9-17)23-13-10-22(11-14-23)12-15-24-19-5-3-2-4-18(19)20-21-24/h2-9H,10-15H2,1H3. The Morgan fingerprint density at radius 3 is 2.44 bits per heavy atom. The lowest BCUT2D eigenvalue weighted by Gasteiger charge is -2.36. The lowest BCUT2D eigenvalue weighted by atomic mass is 10.2. The highest BCUT2D eigenvalue weighted by atomic mass is 16.5. The van der Waals surface area contributed by atoms with Gasteiger partial charge in [-0.05, 0) is 36.4 Å². The van der Waals surface area contributed by atoms with Gasteiger partial charge in [-0.1, -0.05) is 17.3 Å². The molecule has 1 fully saturated rings. The number of aromatic nitrogens is 3. The topological polar surface area (TPSA) is 46.4 Å². The molecule has 0 amide bonds. The summed E-state index contributed by atoms with van der Waals surface area (Å²) in [6.45, 7) is 6.11. The van der Waals surface area contributed by atoms with E-state index < -0.39 is 0 Å². The van der Waals surface area contributed by atoms with Crippen LogP contribution in [0.2, 0.25) is 0 Å². The zero-order chi connectivity index (χ0) is 17.1. The smallest absolute Gasteiger partial charge is 0.119 e. The number of para-hydroxylation sites is 1. The van der Waals surface area contributed by atoms with Crippen LogP contribution in [0.15, 0.2) is 48.5 Å². The van der Waals surface area contributed by atoms with E-state index in [1.165, 1.54) is 5.69 Å². The molecule has 0 N–H and O–H groups in total. The zero-order valence-corrected chi connectivity index (χ0v) is 14.5. The largest absolute Gasteiger partial charge is 0.497 e. The fourth-order valence-electron chi connectivity index (χ4n) is 3.34. The molecule has 0 saturated carbocycles. The van der Waals surface area contributed by atoms with Crippen molar-refractivity contribution < 1.29 is 4.74 Å². The summed E-state index contributed by atoms with van der Waals surface area (Å²) in [6.07, 6.45) is 0. The zero-order valence-electron chi connectivity index (χ0n) is 14.5. The van der Waals surface area contributed by atoms with Gasteiger partial charge < -0.3 is 9.64 Å². The van der Waals surface area contributed by atoms with Gasteiger partial charge in [0, 0.05) is 38.4 Å². The van der Waals surface area contributed by atoms with Crippen molar-refractivity contribution in [2.75, 3.05) is 44.7 Å². The fourth-order valence-corrected chi connectivity index (χ4v) is 3.34. The van der Waals surface area contributed by atoms with E-state index in [-0.39, 0.29) is 0 Å². The summed E-state index contributed by atoms with van der Waals surface area (Å²) in [5.74, 6) is 0.905. The molecule has 6 nitrogen and oxygen atoms in total. The summed E-state index contributed by atoms with van der Waals surface area (Å²) in [7, 11) is 1.70. The monoisotopic (exact) mass is 337 g/mol. The molecule has 0 radical (unpaired) electrons. The van der Waals surface area contributed by atoms with Gasteiger partial charge in [-0.15, -0.1) is 5.10 Å². The van der Waals surface area contributed by atoms with Gasteiger partial charge in [0.25, 0.3) is 0 Å². The van der Waals surface area contributed by atoms with Gasteiger partial charge in [-0.3, -0.25) is 4.90 Å². The molecule has 2 aromatic carbocycles. The molecule has 0 bridgehead atoms. The summed E-state index contributed by atoms with van der Waals surface area (Å²) < 4.78 is 7.24. The molecule has 3 aromatic rings. The number of rotatable bonds is 5. The van der Waals surface area contributed by atoms with Crippen molar-refractivity contribution in [3.05, 3.63) is 48.5 Å². The second-order valence-electron chi connectivity index (χ2n) is 6.33. The maximum atomic E-state index is 5.23. The van der Waals surface area contributed by atoms with E-state index in [0.29, 0.717) is 0 Å². The minimum absolute atomic E-state index is 0.878. The Labute approximate surface area is 147 Å². The number of ether oxygens (including phenoxy) is 1. The van der Waals surface area contributed by atoms with E-state index >= 15 is 0 Å². The van der Waals surface area contributed by atoms with Gasteiger partial charge in [-0.2, -0.15) is 0 Å². The first-order chi connectivity index (χ1) is 12.3. The molecule has 130 valence electrons. The van der Waals surface area contributed by atoms with Crippen LogP contribution in [0.3, 0.4) is 0 Å². The number of anilines is 1. The van der Waals surface area contributed by atoms with Gasteiger partial charge in [0.15, 0.2) is 0 Å². The molecule has 4 rings (SSSR count). The average molecular weight is 337 g/mol. The van der Waals surface area contributed by atoms with Crippen molar-refractivity contribution >= 4 is 16.7 Å². The first kappa shape index (κ1) is 15.9. The maximum Gasteiger partial charge on any atom is 0.119 e. The molecule has 1 saturated heterocycles. The molecule has 6 heteroatoms. The van der Waals surface area contributed by atoms with Gasteiger partial charge in [0.05, 0.1) is 19.2 Å². The number of fused-ring (bicyclic) bond motifs is 1. The van der Waals surface area contributed by atoms with Crippen molar-refractivity contribution in [3.63, 3.8) is 0 Å². The fraction of sp³-hybridized carbons (Fsp3) is 0.368. The molecule has 0 unspecified atom stereocenters. The van der Waals surface area contributed by atoms with Gasteiger partial charge in [0.2, 0.25) is 0 Å².